The van der Waals surface area contributed by atoms with Gasteiger partial charge in [0.05, 0.1) is 6.54 Å². The lowest BCUT2D eigenvalue weighted by atomic mass is 10.1. The van der Waals surface area contributed by atoms with Crippen molar-refractivity contribution < 1.29 is 9.59 Å². The number of aromatic nitrogens is 2. The molecule has 1 saturated carbocycles. The zero-order chi connectivity index (χ0) is 21.5. The van der Waals surface area contributed by atoms with E-state index in [-0.39, 0.29) is 11.7 Å². The topological polar surface area (TPSA) is 87.2 Å². The van der Waals surface area contributed by atoms with E-state index in [1.54, 1.807) is 13.0 Å². The normalized spacial score (nSPS) is 13.2. The highest BCUT2D eigenvalue weighted by Crippen LogP contribution is 2.31. The molecular weight excluding hydrogens is 378 g/mol. The molecule has 30 heavy (non-hydrogen) atoms. The number of hydrogen-bond donors (Lipinski definition) is 2. The van der Waals surface area contributed by atoms with E-state index in [2.05, 4.69) is 32.4 Å². The number of rotatable bonds is 11. The number of aryl methyl sites for hydroxylation is 1. The molecule has 1 aliphatic carbocycles. The molecule has 0 atom stereocenters. The summed E-state index contributed by atoms with van der Waals surface area (Å²) in [4.78, 5) is 34.7. The number of hydrogen-bond acceptors (Lipinski definition) is 6. The van der Waals surface area contributed by atoms with Gasteiger partial charge in [-0.3, -0.25) is 9.59 Å². The second-order valence-electron chi connectivity index (χ2n) is 8.06. The highest BCUT2D eigenvalue weighted by atomic mass is 16.2. The number of ketones is 1. The molecule has 0 saturated heterocycles. The molecule has 7 nitrogen and oxygen atoms in total. The largest absolute Gasteiger partial charge is 0.356 e. The smallest absolute Gasteiger partial charge is 0.274 e. The molecule has 0 bridgehead atoms. The van der Waals surface area contributed by atoms with Gasteiger partial charge in [0.25, 0.3) is 5.91 Å². The molecule has 7 heteroatoms. The Morgan fingerprint density at radius 3 is 2.67 bits per heavy atom. The second-order valence-corrected chi connectivity index (χ2v) is 8.06. The van der Waals surface area contributed by atoms with Gasteiger partial charge in [0.2, 0.25) is 0 Å². The molecule has 1 aromatic carbocycles. The Bertz CT molecular complexity index is 895. The van der Waals surface area contributed by atoms with E-state index in [0.717, 1.165) is 48.1 Å². The number of Topliss-reactive ketones (excluding diaryl/α,β-unsaturated/α-hetero) is 1. The molecule has 0 radical (unpaired) electrons. The maximum Gasteiger partial charge on any atom is 0.274 e. The molecule has 1 heterocycles. The summed E-state index contributed by atoms with van der Waals surface area (Å²) in [5.74, 6) is 1.42. The van der Waals surface area contributed by atoms with Gasteiger partial charge in [0, 0.05) is 31.4 Å². The molecule has 3 rings (SSSR count). The first-order valence-electron chi connectivity index (χ1n) is 10.6. The molecule has 0 unspecified atom stereocenters. The first kappa shape index (κ1) is 21.9. The monoisotopic (exact) mass is 409 g/mol. The van der Waals surface area contributed by atoms with Gasteiger partial charge in [0.15, 0.2) is 0 Å². The lowest BCUT2D eigenvalue weighted by Gasteiger charge is -2.23. The van der Waals surface area contributed by atoms with Crippen molar-refractivity contribution in [1.82, 2.24) is 15.3 Å². The highest BCUT2D eigenvalue weighted by molar-refractivity contribution is 6.03. The molecular formula is C23H31N5O2. The van der Waals surface area contributed by atoms with Crippen molar-refractivity contribution in [3.63, 3.8) is 0 Å². The third-order valence-corrected chi connectivity index (χ3v) is 5.12. The Hall–Kier alpha value is -2.80. The fourth-order valence-corrected chi connectivity index (χ4v) is 3.37. The van der Waals surface area contributed by atoms with Gasteiger partial charge in [-0.1, -0.05) is 19.1 Å². The van der Waals surface area contributed by atoms with Gasteiger partial charge in [0.1, 0.15) is 23.6 Å². The minimum atomic E-state index is -0.243. The second kappa shape index (κ2) is 10.3. The molecule has 2 N–H and O–H groups in total. The molecule has 0 spiro atoms. The van der Waals surface area contributed by atoms with Crippen molar-refractivity contribution in [2.45, 2.75) is 46.6 Å². The van der Waals surface area contributed by atoms with Crippen LogP contribution in [0.25, 0.3) is 0 Å². The number of nitrogens with zero attached hydrogens (tertiary/aromatic N) is 3. The maximum atomic E-state index is 12.8. The number of anilines is 2. The lowest BCUT2D eigenvalue weighted by molar-refractivity contribution is -0.116. The SMILES string of the molecule is CCCN(CC1CC1)c1cc(C(=O)Nc2ccc(CNCC(C)=O)cc2C)ncn1. The summed E-state index contributed by atoms with van der Waals surface area (Å²) in [6, 6.07) is 7.62. The predicted molar refractivity (Wildman–Crippen MR) is 119 cm³/mol. The van der Waals surface area contributed by atoms with Crippen LogP contribution in [0.2, 0.25) is 0 Å². The van der Waals surface area contributed by atoms with Gasteiger partial charge in [-0.25, -0.2) is 9.97 Å². The average molecular weight is 410 g/mol. The highest BCUT2D eigenvalue weighted by Gasteiger charge is 2.25. The van der Waals surface area contributed by atoms with E-state index in [0.29, 0.717) is 18.8 Å². The van der Waals surface area contributed by atoms with Crippen LogP contribution in [-0.4, -0.2) is 41.3 Å². The first-order chi connectivity index (χ1) is 14.5. The summed E-state index contributed by atoms with van der Waals surface area (Å²) >= 11 is 0. The maximum absolute atomic E-state index is 12.8. The number of benzene rings is 1. The Morgan fingerprint density at radius 2 is 2.00 bits per heavy atom. The summed E-state index contributed by atoms with van der Waals surface area (Å²) < 4.78 is 0. The summed E-state index contributed by atoms with van der Waals surface area (Å²) in [5.41, 5.74) is 3.13. The van der Waals surface area contributed by atoms with Gasteiger partial charge in [-0.05, 0) is 56.2 Å². The van der Waals surface area contributed by atoms with E-state index in [9.17, 15) is 9.59 Å². The van der Waals surface area contributed by atoms with Crippen molar-refractivity contribution >= 4 is 23.2 Å². The molecule has 1 aromatic heterocycles. The molecule has 160 valence electrons. The zero-order valence-corrected chi connectivity index (χ0v) is 18.1. The standard InChI is InChI=1S/C23H31N5O2/c1-4-9-28(14-18-5-6-18)22-11-21(25-15-26-22)23(30)27-20-8-7-19(10-16(20)2)13-24-12-17(3)29/h7-8,10-11,15,18,24H,4-6,9,12-14H2,1-3H3,(H,27,30). The fraction of sp³-hybridized carbons (Fsp3) is 0.478. The van der Waals surface area contributed by atoms with E-state index in [4.69, 9.17) is 0 Å². The van der Waals surface area contributed by atoms with Crippen LogP contribution in [-0.2, 0) is 11.3 Å². The summed E-state index contributed by atoms with van der Waals surface area (Å²) in [5, 5.41) is 6.06. The van der Waals surface area contributed by atoms with Crippen LogP contribution in [0.15, 0.2) is 30.6 Å². The Balaban J connectivity index is 1.66. The third kappa shape index (κ3) is 6.35. The van der Waals surface area contributed by atoms with Crippen LogP contribution < -0.4 is 15.5 Å². The van der Waals surface area contributed by atoms with E-state index < -0.39 is 0 Å². The van der Waals surface area contributed by atoms with Crippen molar-refractivity contribution in [1.29, 1.82) is 0 Å². The molecule has 1 fully saturated rings. The van der Waals surface area contributed by atoms with Gasteiger partial charge < -0.3 is 15.5 Å². The lowest BCUT2D eigenvalue weighted by Crippen LogP contribution is -2.28. The number of carbonyl (C=O) groups is 2. The summed E-state index contributed by atoms with van der Waals surface area (Å²) in [6.07, 6.45) is 5.05. The molecule has 1 amide bonds. The summed E-state index contributed by atoms with van der Waals surface area (Å²) in [6.45, 7) is 8.53. The van der Waals surface area contributed by atoms with Crippen LogP contribution in [0.4, 0.5) is 11.5 Å². The van der Waals surface area contributed by atoms with Crippen LogP contribution >= 0.6 is 0 Å². The van der Waals surface area contributed by atoms with Crippen molar-refractivity contribution in [2.24, 2.45) is 5.92 Å². The average Bonchev–Trinajstić information content (AvgIpc) is 3.53. The van der Waals surface area contributed by atoms with E-state index in [1.807, 2.05) is 25.1 Å². The van der Waals surface area contributed by atoms with Crippen LogP contribution in [0.1, 0.15) is 54.7 Å². The fourth-order valence-electron chi connectivity index (χ4n) is 3.37. The van der Waals surface area contributed by atoms with Crippen LogP contribution in [0, 0.1) is 12.8 Å². The van der Waals surface area contributed by atoms with Gasteiger partial charge in [-0.2, -0.15) is 0 Å². The quantitative estimate of drug-likeness (QED) is 0.592. The van der Waals surface area contributed by atoms with Gasteiger partial charge in [-0.15, -0.1) is 0 Å². The Kier molecular flexibility index (Phi) is 7.52. The van der Waals surface area contributed by atoms with Crippen LogP contribution in [0.3, 0.4) is 0 Å². The first-order valence-corrected chi connectivity index (χ1v) is 10.6. The number of nitrogens with one attached hydrogen (secondary N) is 2. The molecule has 0 aliphatic heterocycles. The molecule has 1 aliphatic rings. The van der Waals surface area contributed by atoms with Crippen LogP contribution in [0.5, 0.6) is 0 Å². The Labute approximate surface area is 178 Å². The van der Waals surface area contributed by atoms with Crippen molar-refractivity contribution in [2.75, 3.05) is 29.9 Å². The van der Waals surface area contributed by atoms with Gasteiger partial charge >= 0.3 is 0 Å². The van der Waals surface area contributed by atoms with Crippen molar-refractivity contribution in [3.05, 3.63) is 47.4 Å². The third-order valence-electron chi connectivity index (χ3n) is 5.12. The molecule has 2 aromatic rings. The predicted octanol–water partition coefficient (Wildman–Crippen LogP) is 3.34. The summed E-state index contributed by atoms with van der Waals surface area (Å²) in [7, 11) is 0. The van der Waals surface area contributed by atoms with E-state index in [1.165, 1.54) is 19.2 Å². The minimum Gasteiger partial charge on any atom is -0.356 e. The van der Waals surface area contributed by atoms with E-state index >= 15 is 0 Å². The zero-order valence-electron chi connectivity index (χ0n) is 18.1. The number of carbonyl (C=O) groups excluding carboxylic acids is 2. The Morgan fingerprint density at radius 1 is 1.20 bits per heavy atom. The number of amides is 1. The minimum absolute atomic E-state index is 0.106. The van der Waals surface area contributed by atoms with Crippen molar-refractivity contribution in [3.8, 4) is 0 Å².